The number of para-hydroxylation sites is 1. The highest BCUT2D eigenvalue weighted by atomic mass is 16.5. The van der Waals surface area contributed by atoms with Crippen molar-refractivity contribution in [2.24, 2.45) is 0 Å². The summed E-state index contributed by atoms with van der Waals surface area (Å²) in [5, 5.41) is 12.0. The van der Waals surface area contributed by atoms with E-state index in [-0.39, 0.29) is 6.10 Å². The summed E-state index contributed by atoms with van der Waals surface area (Å²) < 4.78 is 11.1. The van der Waals surface area contributed by atoms with Gasteiger partial charge in [-0.3, -0.25) is 4.79 Å². The van der Waals surface area contributed by atoms with Crippen LogP contribution >= 0.6 is 0 Å². The van der Waals surface area contributed by atoms with Crippen LogP contribution in [0.4, 0.5) is 0 Å². The molecule has 0 fully saturated rings. The summed E-state index contributed by atoms with van der Waals surface area (Å²) in [5.74, 6) is -0.0784. The fourth-order valence-electron chi connectivity index (χ4n) is 1.86. The van der Waals surface area contributed by atoms with Crippen molar-refractivity contribution in [3.8, 4) is 5.75 Å². The third kappa shape index (κ3) is 5.19. The van der Waals surface area contributed by atoms with Gasteiger partial charge in [0.25, 0.3) is 0 Å². The molecular weight excluding hydrogens is 258 g/mol. The molecule has 0 saturated heterocycles. The van der Waals surface area contributed by atoms with Gasteiger partial charge in [0.05, 0.1) is 12.7 Å². The molecule has 5 nitrogen and oxygen atoms in total. The summed E-state index contributed by atoms with van der Waals surface area (Å²) in [7, 11) is 1.64. The lowest BCUT2D eigenvalue weighted by Crippen LogP contribution is -2.49. The van der Waals surface area contributed by atoms with Crippen LogP contribution < -0.4 is 10.1 Å². The van der Waals surface area contributed by atoms with E-state index in [0.717, 1.165) is 5.75 Å². The smallest absolute Gasteiger partial charge is 0.323 e. The highest BCUT2D eigenvalue weighted by Crippen LogP contribution is 2.14. The largest absolute Gasteiger partial charge is 0.491 e. The number of likely N-dealkylation sites (N-methyl/N-ethyl adjacent to an activating group) is 1. The first kappa shape index (κ1) is 16.5. The Morgan fingerprint density at radius 1 is 1.35 bits per heavy atom. The first-order valence-corrected chi connectivity index (χ1v) is 6.69. The predicted molar refractivity (Wildman–Crippen MR) is 77.1 cm³/mol. The fourth-order valence-corrected chi connectivity index (χ4v) is 1.86. The third-order valence-corrected chi connectivity index (χ3v) is 3.22. The Hall–Kier alpha value is -1.59. The Morgan fingerprint density at radius 3 is 2.55 bits per heavy atom. The minimum absolute atomic E-state index is 0.164. The van der Waals surface area contributed by atoms with Gasteiger partial charge in [-0.2, -0.15) is 0 Å². The van der Waals surface area contributed by atoms with Gasteiger partial charge in [-0.25, -0.2) is 0 Å². The number of ether oxygens (including phenoxy) is 2. The Kier molecular flexibility index (Phi) is 6.48. The normalized spacial score (nSPS) is 15.3. The zero-order valence-corrected chi connectivity index (χ0v) is 12.3. The molecule has 1 aromatic rings. The van der Waals surface area contributed by atoms with Crippen LogP contribution in [-0.2, 0) is 9.53 Å². The molecule has 2 N–H and O–H groups in total. The molecular formula is C15H23NO4. The Labute approximate surface area is 119 Å². The monoisotopic (exact) mass is 281 g/mol. The van der Waals surface area contributed by atoms with E-state index in [1.165, 1.54) is 0 Å². The van der Waals surface area contributed by atoms with E-state index in [0.29, 0.717) is 19.6 Å². The molecule has 0 radical (unpaired) electrons. The van der Waals surface area contributed by atoms with Gasteiger partial charge in [0.1, 0.15) is 17.9 Å². The van der Waals surface area contributed by atoms with Crippen molar-refractivity contribution in [1.82, 2.24) is 5.32 Å². The van der Waals surface area contributed by atoms with Crippen LogP contribution in [0.1, 0.15) is 20.3 Å². The maximum atomic E-state index is 11.2. The maximum absolute atomic E-state index is 11.2. The molecule has 0 amide bonds. The molecule has 0 aromatic heterocycles. The van der Waals surface area contributed by atoms with Gasteiger partial charge in [0.15, 0.2) is 0 Å². The predicted octanol–water partition coefficient (Wildman–Crippen LogP) is 1.92. The number of hydrogen-bond donors (Lipinski definition) is 2. The van der Waals surface area contributed by atoms with Crippen LogP contribution in [0.3, 0.4) is 0 Å². The summed E-state index contributed by atoms with van der Waals surface area (Å²) in [4.78, 5) is 11.2. The van der Waals surface area contributed by atoms with E-state index in [2.05, 4.69) is 5.32 Å². The minimum atomic E-state index is -0.973. The molecule has 2 unspecified atom stereocenters. The standard InChI is InChI=1S/C15H23NO4/c1-12(11-15(2,16-3)14(17)18)19-9-10-20-13-7-5-4-6-8-13/h4-8,12,16H,9-11H2,1-3H3,(H,17,18). The second kappa shape index (κ2) is 7.87. The van der Waals surface area contributed by atoms with Crippen LogP contribution in [-0.4, -0.2) is 43.0 Å². The van der Waals surface area contributed by atoms with Crippen LogP contribution in [0.5, 0.6) is 5.75 Å². The highest BCUT2D eigenvalue weighted by molar-refractivity contribution is 5.78. The Morgan fingerprint density at radius 2 is 2.00 bits per heavy atom. The van der Waals surface area contributed by atoms with Gasteiger partial charge in [0, 0.05) is 6.42 Å². The molecule has 0 spiro atoms. The van der Waals surface area contributed by atoms with Crippen LogP contribution in [0.25, 0.3) is 0 Å². The summed E-state index contributed by atoms with van der Waals surface area (Å²) in [5.41, 5.74) is -0.973. The summed E-state index contributed by atoms with van der Waals surface area (Å²) in [6.07, 6.45) is 0.229. The summed E-state index contributed by atoms with van der Waals surface area (Å²) >= 11 is 0. The number of hydrogen-bond acceptors (Lipinski definition) is 4. The molecule has 0 bridgehead atoms. The lowest BCUT2D eigenvalue weighted by Gasteiger charge is -2.27. The van der Waals surface area contributed by atoms with E-state index < -0.39 is 11.5 Å². The van der Waals surface area contributed by atoms with Crippen molar-refractivity contribution in [3.05, 3.63) is 30.3 Å². The number of benzene rings is 1. The quantitative estimate of drug-likeness (QED) is 0.677. The third-order valence-electron chi connectivity index (χ3n) is 3.22. The van der Waals surface area contributed by atoms with Crippen molar-refractivity contribution in [3.63, 3.8) is 0 Å². The van der Waals surface area contributed by atoms with Crippen LogP contribution in [0.15, 0.2) is 30.3 Å². The number of carboxylic acids is 1. The number of rotatable bonds is 9. The summed E-state index contributed by atoms with van der Waals surface area (Å²) in [6.45, 7) is 4.38. The lowest BCUT2D eigenvalue weighted by molar-refractivity contribution is -0.145. The molecule has 0 aliphatic carbocycles. The molecule has 0 saturated carbocycles. The molecule has 2 atom stereocenters. The second-order valence-electron chi connectivity index (χ2n) is 4.93. The number of carboxylic acid groups (broad SMARTS) is 1. The molecule has 0 aliphatic heterocycles. The zero-order valence-electron chi connectivity index (χ0n) is 12.3. The van der Waals surface area contributed by atoms with Crippen molar-refractivity contribution < 1.29 is 19.4 Å². The van der Waals surface area contributed by atoms with E-state index in [1.807, 2.05) is 37.3 Å². The Balaban J connectivity index is 2.26. The fraction of sp³-hybridized carbons (Fsp3) is 0.533. The number of aliphatic carboxylic acids is 1. The first-order chi connectivity index (χ1) is 9.48. The minimum Gasteiger partial charge on any atom is -0.491 e. The molecule has 0 heterocycles. The molecule has 112 valence electrons. The number of carbonyl (C=O) groups is 1. The molecule has 1 rings (SSSR count). The average molecular weight is 281 g/mol. The van der Waals surface area contributed by atoms with E-state index in [4.69, 9.17) is 14.6 Å². The number of nitrogens with one attached hydrogen (secondary N) is 1. The Bertz CT molecular complexity index is 410. The topological polar surface area (TPSA) is 67.8 Å². The van der Waals surface area contributed by atoms with E-state index in [9.17, 15) is 4.79 Å². The maximum Gasteiger partial charge on any atom is 0.323 e. The first-order valence-electron chi connectivity index (χ1n) is 6.69. The van der Waals surface area contributed by atoms with Crippen molar-refractivity contribution in [2.45, 2.75) is 31.9 Å². The SMILES string of the molecule is CNC(C)(CC(C)OCCOc1ccccc1)C(=O)O. The average Bonchev–Trinajstić information content (AvgIpc) is 2.44. The van der Waals surface area contributed by atoms with Crippen molar-refractivity contribution in [2.75, 3.05) is 20.3 Å². The van der Waals surface area contributed by atoms with Crippen LogP contribution in [0.2, 0.25) is 0 Å². The summed E-state index contributed by atoms with van der Waals surface area (Å²) in [6, 6.07) is 9.50. The molecule has 0 aliphatic rings. The van der Waals surface area contributed by atoms with E-state index >= 15 is 0 Å². The highest BCUT2D eigenvalue weighted by Gasteiger charge is 2.33. The van der Waals surface area contributed by atoms with Gasteiger partial charge in [-0.1, -0.05) is 18.2 Å². The van der Waals surface area contributed by atoms with Gasteiger partial charge in [-0.05, 0) is 33.0 Å². The van der Waals surface area contributed by atoms with Gasteiger partial charge in [0.2, 0.25) is 0 Å². The van der Waals surface area contributed by atoms with E-state index in [1.54, 1.807) is 14.0 Å². The molecule has 1 aromatic carbocycles. The van der Waals surface area contributed by atoms with Crippen LogP contribution in [0, 0.1) is 0 Å². The lowest BCUT2D eigenvalue weighted by atomic mass is 9.95. The van der Waals surface area contributed by atoms with Gasteiger partial charge < -0.3 is 19.9 Å². The molecule has 5 heteroatoms. The zero-order chi connectivity index (χ0) is 15.0. The molecule has 20 heavy (non-hydrogen) atoms. The van der Waals surface area contributed by atoms with Gasteiger partial charge in [-0.15, -0.1) is 0 Å². The van der Waals surface area contributed by atoms with Crippen molar-refractivity contribution >= 4 is 5.97 Å². The van der Waals surface area contributed by atoms with Crippen molar-refractivity contribution in [1.29, 1.82) is 0 Å². The second-order valence-corrected chi connectivity index (χ2v) is 4.93. The van der Waals surface area contributed by atoms with Gasteiger partial charge >= 0.3 is 5.97 Å².